The van der Waals surface area contributed by atoms with Crippen LogP contribution in [0.4, 0.5) is 0 Å². The van der Waals surface area contributed by atoms with E-state index in [4.69, 9.17) is 5.73 Å². The highest BCUT2D eigenvalue weighted by Gasteiger charge is 1.98. The topological polar surface area (TPSA) is 26.0 Å². The Kier molecular flexibility index (Phi) is 4.41. The van der Waals surface area contributed by atoms with Crippen molar-refractivity contribution >= 4 is 0 Å². The van der Waals surface area contributed by atoms with Gasteiger partial charge in [-0.3, -0.25) is 0 Å². The van der Waals surface area contributed by atoms with Crippen molar-refractivity contribution in [2.24, 2.45) is 11.7 Å². The highest BCUT2D eigenvalue weighted by Crippen LogP contribution is 2.04. The lowest BCUT2D eigenvalue weighted by Crippen LogP contribution is -2.17. The van der Waals surface area contributed by atoms with Crippen molar-refractivity contribution in [3.63, 3.8) is 0 Å². The minimum Gasteiger partial charge on any atom is -0.328 e. The second-order valence-electron chi connectivity index (χ2n) is 2.72. The van der Waals surface area contributed by atoms with Crippen LogP contribution in [0.5, 0.6) is 0 Å². The van der Waals surface area contributed by atoms with Gasteiger partial charge in [0.15, 0.2) is 0 Å². The highest BCUT2D eigenvalue weighted by molar-refractivity contribution is 4.84. The predicted octanol–water partition coefficient (Wildman–Crippen LogP) is 1.94. The van der Waals surface area contributed by atoms with E-state index in [1.807, 2.05) is 13.8 Å². The minimum atomic E-state index is 0.330. The summed E-state index contributed by atoms with van der Waals surface area (Å²) in [6, 6.07) is 0.330. The quantitative estimate of drug-likeness (QED) is 0.576. The molecule has 0 aromatic rings. The predicted molar refractivity (Wildman–Crippen MR) is 42.2 cm³/mol. The molecular weight excluding hydrogens is 110 g/mol. The van der Waals surface area contributed by atoms with Gasteiger partial charge in [-0.15, -0.1) is 0 Å². The number of allylic oxidation sites excluding steroid dienone is 2. The third-order valence-electron chi connectivity index (χ3n) is 1.26. The van der Waals surface area contributed by atoms with Gasteiger partial charge in [0.05, 0.1) is 0 Å². The Hall–Kier alpha value is -0.300. The van der Waals surface area contributed by atoms with Crippen molar-refractivity contribution < 1.29 is 0 Å². The van der Waals surface area contributed by atoms with Crippen LogP contribution in [-0.4, -0.2) is 6.04 Å². The van der Waals surface area contributed by atoms with E-state index in [0.717, 1.165) is 6.42 Å². The SMILES string of the molecule is C/C=C\C(C)CC(C)N. The molecule has 0 spiro atoms. The van der Waals surface area contributed by atoms with E-state index in [2.05, 4.69) is 19.1 Å². The first-order valence-corrected chi connectivity index (χ1v) is 3.55. The van der Waals surface area contributed by atoms with Crippen LogP contribution in [0.15, 0.2) is 12.2 Å². The smallest absolute Gasteiger partial charge is 0.00159 e. The van der Waals surface area contributed by atoms with Crippen LogP contribution in [0.1, 0.15) is 27.2 Å². The van der Waals surface area contributed by atoms with E-state index >= 15 is 0 Å². The molecule has 0 saturated heterocycles. The molecule has 2 N–H and O–H groups in total. The average Bonchev–Trinajstić information content (AvgIpc) is 1.63. The summed E-state index contributed by atoms with van der Waals surface area (Å²) in [6.07, 6.45) is 5.35. The van der Waals surface area contributed by atoms with Crippen LogP contribution in [0.3, 0.4) is 0 Å². The van der Waals surface area contributed by atoms with Crippen LogP contribution >= 0.6 is 0 Å². The summed E-state index contributed by atoms with van der Waals surface area (Å²) in [5.41, 5.74) is 5.59. The summed E-state index contributed by atoms with van der Waals surface area (Å²) in [6.45, 7) is 6.26. The van der Waals surface area contributed by atoms with Crippen LogP contribution in [0.2, 0.25) is 0 Å². The summed E-state index contributed by atoms with van der Waals surface area (Å²) in [4.78, 5) is 0. The molecule has 0 radical (unpaired) electrons. The van der Waals surface area contributed by atoms with Gasteiger partial charge in [-0.1, -0.05) is 19.1 Å². The fourth-order valence-corrected chi connectivity index (χ4v) is 0.994. The highest BCUT2D eigenvalue weighted by atomic mass is 14.6. The van der Waals surface area contributed by atoms with Gasteiger partial charge in [0.25, 0.3) is 0 Å². The lowest BCUT2D eigenvalue weighted by atomic mass is 10.0. The van der Waals surface area contributed by atoms with Crippen molar-refractivity contribution in [3.8, 4) is 0 Å². The summed E-state index contributed by atoms with van der Waals surface area (Å²) in [5, 5.41) is 0. The fourth-order valence-electron chi connectivity index (χ4n) is 0.994. The lowest BCUT2D eigenvalue weighted by molar-refractivity contribution is 0.562. The maximum Gasteiger partial charge on any atom is 0.00159 e. The Morgan fingerprint density at radius 1 is 1.44 bits per heavy atom. The van der Waals surface area contributed by atoms with E-state index in [-0.39, 0.29) is 0 Å². The van der Waals surface area contributed by atoms with Gasteiger partial charge in [0.1, 0.15) is 0 Å². The van der Waals surface area contributed by atoms with Crippen LogP contribution in [0.25, 0.3) is 0 Å². The van der Waals surface area contributed by atoms with Crippen molar-refractivity contribution in [1.29, 1.82) is 0 Å². The van der Waals surface area contributed by atoms with E-state index in [9.17, 15) is 0 Å². The van der Waals surface area contributed by atoms with Gasteiger partial charge in [0.2, 0.25) is 0 Å². The second-order valence-corrected chi connectivity index (χ2v) is 2.72. The van der Waals surface area contributed by atoms with E-state index in [1.54, 1.807) is 0 Å². The molecule has 0 heterocycles. The molecule has 9 heavy (non-hydrogen) atoms. The average molecular weight is 127 g/mol. The van der Waals surface area contributed by atoms with Gasteiger partial charge < -0.3 is 5.73 Å². The minimum absolute atomic E-state index is 0.330. The maximum atomic E-state index is 5.59. The largest absolute Gasteiger partial charge is 0.328 e. The summed E-state index contributed by atoms with van der Waals surface area (Å²) in [5.74, 6) is 0.634. The van der Waals surface area contributed by atoms with Gasteiger partial charge >= 0.3 is 0 Å². The van der Waals surface area contributed by atoms with E-state index < -0.39 is 0 Å². The van der Waals surface area contributed by atoms with Crippen molar-refractivity contribution in [3.05, 3.63) is 12.2 Å². The first-order chi connectivity index (χ1) is 4.16. The molecule has 0 rings (SSSR count). The van der Waals surface area contributed by atoms with E-state index in [1.165, 1.54) is 0 Å². The Bertz CT molecular complexity index is 84.6. The third kappa shape index (κ3) is 5.57. The zero-order chi connectivity index (χ0) is 7.28. The molecule has 0 aliphatic heterocycles. The standard InChI is InChI=1S/C8H17N/c1-4-5-7(2)6-8(3)9/h4-5,7-8H,6,9H2,1-3H3/b5-4-. The fraction of sp³-hybridized carbons (Fsp3) is 0.750. The number of hydrogen-bond acceptors (Lipinski definition) is 1. The second kappa shape index (κ2) is 4.57. The van der Waals surface area contributed by atoms with Gasteiger partial charge in [0, 0.05) is 6.04 Å². The Balaban J connectivity index is 3.38. The molecular formula is C8H17N. The van der Waals surface area contributed by atoms with Gasteiger partial charge in [-0.2, -0.15) is 0 Å². The first-order valence-electron chi connectivity index (χ1n) is 3.55. The maximum absolute atomic E-state index is 5.59. The molecule has 0 aromatic carbocycles. The number of nitrogens with two attached hydrogens (primary N) is 1. The Morgan fingerprint density at radius 2 is 2.00 bits per heavy atom. The molecule has 0 aliphatic rings. The van der Waals surface area contributed by atoms with Crippen LogP contribution in [-0.2, 0) is 0 Å². The zero-order valence-corrected chi connectivity index (χ0v) is 6.59. The third-order valence-corrected chi connectivity index (χ3v) is 1.26. The number of rotatable bonds is 3. The molecule has 0 bridgehead atoms. The molecule has 54 valence electrons. The summed E-state index contributed by atoms with van der Waals surface area (Å²) in [7, 11) is 0. The Labute approximate surface area is 57.9 Å². The van der Waals surface area contributed by atoms with Crippen molar-refractivity contribution in [1.82, 2.24) is 0 Å². The van der Waals surface area contributed by atoms with Crippen molar-refractivity contribution in [2.45, 2.75) is 33.2 Å². The summed E-state index contributed by atoms with van der Waals surface area (Å²) < 4.78 is 0. The monoisotopic (exact) mass is 127 g/mol. The molecule has 0 aliphatic carbocycles. The molecule has 1 nitrogen and oxygen atoms in total. The summed E-state index contributed by atoms with van der Waals surface area (Å²) >= 11 is 0. The molecule has 1 heteroatoms. The molecule has 0 saturated carbocycles. The number of hydrogen-bond donors (Lipinski definition) is 1. The first kappa shape index (κ1) is 8.70. The van der Waals surface area contributed by atoms with Crippen molar-refractivity contribution in [2.75, 3.05) is 0 Å². The molecule has 0 amide bonds. The molecule has 2 atom stereocenters. The van der Waals surface area contributed by atoms with Gasteiger partial charge in [-0.05, 0) is 26.2 Å². The Morgan fingerprint density at radius 3 is 2.33 bits per heavy atom. The lowest BCUT2D eigenvalue weighted by Gasteiger charge is -2.07. The van der Waals surface area contributed by atoms with E-state index in [0.29, 0.717) is 12.0 Å². The van der Waals surface area contributed by atoms with Crippen LogP contribution in [0, 0.1) is 5.92 Å². The normalized spacial score (nSPS) is 18.2. The molecule has 0 aromatic heterocycles. The molecule has 2 unspecified atom stereocenters. The van der Waals surface area contributed by atoms with Gasteiger partial charge in [-0.25, -0.2) is 0 Å². The zero-order valence-electron chi connectivity index (χ0n) is 6.59. The van der Waals surface area contributed by atoms with Crippen LogP contribution < -0.4 is 5.73 Å². The molecule has 0 fully saturated rings.